The molecule has 0 spiro atoms. The molecule has 2 aromatic rings. The Kier molecular flexibility index (Phi) is 3.98. The molecule has 4 nitrogen and oxygen atoms in total. The highest BCUT2D eigenvalue weighted by atomic mass is 32.2. The van der Waals surface area contributed by atoms with Gasteiger partial charge in [0.1, 0.15) is 11.4 Å². The number of thioether (sulfide) groups is 1. The quantitative estimate of drug-likeness (QED) is 0.871. The molecule has 0 bridgehead atoms. The lowest BCUT2D eigenvalue weighted by atomic mass is 10.0. The molecule has 1 atom stereocenters. The summed E-state index contributed by atoms with van der Waals surface area (Å²) in [6, 6.07) is 18.0. The Bertz CT molecular complexity index is 761. The normalized spacial score (nSPS) is 23.3. The summed E-state index contributed by atoms with van der Waals surface area (Å²) in [6.07, 6.45) is 1.08. The molecule has 0 fully saturated rings. The van der Waals surface area contributed by atoms with Crippen LogP contribution >= 0.6 is 11.8 Å². The van der Waals surface area contributed by atoms with Crippen molar-refractivity contribution in [2.75, 3.05) is 30.9 Å². The predicted molar refractivity (Wildman–Crippen MR) is 97.9 cm³/mol. The van der Waals surface area contributed by atoms with Crippen LogP contribution in [0, 0.1) is 0 Å². The third kappa shape index (κ3) is 2.48. The molecule has 0 radical (unpaired) electrons. The maximum atomic E-state index is 11.6. The van der Waals surface area contributed by atoms with Crippen LogP contribution in [0.3, 0.4) is 0 Å². The molecule has 0 saturated carbocycles. The summed E-state index contributed by atoms with van der Waals surface area (Å²) < 4.78 is 7.40. The summed E-state index contributed by atoms with van der Waals surface area (Å²) >= 11 is 1.83. The van der Waals surface area contributed by atoms with E-state index in [1.807, 2.05) is 54.2 Å². The smallest absolute Gasteiger partial charge is 0.316 e. The number of ether oxygens (including phenoxy) is 1. The number of nitrogens with zero attached hydrogens (tertiary/aromatic N) is 2. The zero-order valence-corrected chi connectivity index (χ0v) is 14.5. The first kappa shape index (κ1) is 15.5. The van der Waals surface area contributed by atoms with E-state index in [4.69, 9.17) is 4.74 Å². The van der Waals surface area contributed by atoms with E-state index in [-0.39, 0.29) is 0 Å². The van der Waals surface area contributed by atoms with Crippen LogP contribution in [0.15, 0.2) is 54.6 Å². The third-order valence-electron chi connectivity index (χ3n) is 4.66. The zero-order chi connectivity index (χ0) is 16.6. The number of methoxy groups -OCH3 is 1. The third-order valence-corrected chi connectivity index (χ3v) is 5.86. The largest absolute Gasteiger partial charge is 0.497 e. The topological polar surface area (TPSA) is 35.7 Å². The van der Waals surface area contributed by atoms with Crippen molar-refractivity contribution in [3.8, 4) is 5.75 Å². The molecule has 124 valence electrons. The van der Waals surface area contributed by atoms with Gasteiger partial charge in [-0.2, -0.15) is 0 Å². The molecule has 4 rings (SSSR count). The molecule has 0 aromatic heterocycles. The summed E-state index contributed by atoms with van der Waals surface area (Å²) in [7, 11) is 1.66. The lowest BCUT2D eigenvalue weighted by Crippen LogP contribution is -2.41. The first-order valence-corrected chi connectivity index (χ1v) is 9.18. The van der Waals surface area contributed by atoms with Gasteiger partial charge < -0.3 is 9.84 Å². The molecule has 0 saturated heterocycles. The van der Waals surface area contributed by atoms with Crippen molar-refractivity contribution in [1.29, 1.82) is 0 Å². The van der Waals surface area contributed by atoms with Crippen molar-refractivity contribution in [2.45, 2.75) is 12.1 Å². The van der Waals surface area contributed by atoms with E-state index >= 15 is 0 Å². The number of rotatable bonds is 3. The highest BCUT2D eigenvalue weighted by Gasteiger charge is 2.53. The fraction of sp³-hybridized carbons (Fsp3) is 0.316. The lowest BCUT2D eigenvalue weighted by molar-refractivity contribution is -0.656. The molecular weight excluding hydrogens is 320 g/mol. The van der Waals surface area contributed by atoms with E-state index in [1.165, 1.54) is 0 Å². The first-order chi connectivity index (χ1) is 11.7. The van der Waals surface area contributed by atoms with Gasteiger partial charge in [-0.15, -0.1) is 0 Å². The Hall–Kier alpha value is -1.98. The molecule has 2 aromatic carbocycles. The Labute approximate surface area is 146 Å². The van der Waals surface area contributed by atoms with Crippen molar-refractivity contribution in [1.82, 2.24) is 0 Å². The summed E-state index contributed by atoms with van der Waals surface area (Å²) in [6.45, 7) is 1.40. The summed E-state index contributed by atoms with van der Waals surface area (Å²) in [4.78, 5) is 2.23. The van der Waals surface area contributed by atoms with Crippen LogP contribution in [-0.2, 0) is 5.72 Å². The lowest BCUT2D eigenvalue weighted by Gasteiger charge is -2.24. The van der Waals surface area contributed by atoms with Crippen molar-refractivity contribution in [3.05, 3.63) is 60.2 Å². The van der Waals surface area contributed by atoms with Crippen molar-refractivity contribution in [3.63, 3.8) is 0 Å². The van der Waals surface area contributed by atoms with Gasteiger partial charge in [0, 0.05) is 11.3 Å². The number of aliphatic hydroxyl groups is 1. The zero-order valence-electron chi connectivity index (χ0n) is 13.7. The van der Waals surface area contributed by atoms with Gasteiger partial charge in [0.2, 0.25) is 0 Å². The van der Waals surface area contributed by atoms with Crippen LogP contribution < -0.4 is 9.64 Å². The number of hydrogen-bond acceptors (Lipinski definition) is 4. The molecule has 1 N–H and O–H groups in total. The van der Waals surface area contributed by atoms with Crippen LogP contribution in [0.1, 0.15) is 12.0 Å². The van der Waals surface area contributed by atoms with Gasteiger partial charge in [-0.3, -0.25) is 0 Å². The summed E-state index contributed by atoms with van der Waals surface area (Å²) in [5.41, 5.74) is 1.02. The average molecular weight is 341 g/mol. The molecular formula is C19H21N2O2S+. The van der Waals surface area contributed by atoms with Crippen molar-refractivity contribution in [2.24, 2.45) is 0 Å². The minimum Gasteiger partial charge on any atom is -0.497 e. The van der Waals surface area contributed by atoms with Crippen LogP contribution in [0.5, 0.6) is 5.75 Å². The second-order valence-corrected chi connectivity index (χ2v) is 7.17. The Morgan fingerprint density at radius 2 is 1.88 bits per heavy atom. The van der Waals surface area contributed by atoms with Crippen molar-refractivity contribution >= 4 is 22.6 Å². The van der Waals surface area contributed by atoms with Crippen LogP contribution in [-0.4, -0.2) is 40.8 Å². The number of β-amino-alcohol motifs (C(OH)–C–C–N with tert-alkyl or cyclic N) is 1. The molecule has 2 aliphatic rings. The van der Waals surface area contributed by atoms with Gasteiger partial charge in [0.15, 0.2) is 6.54 Å². The number of para-hydroxylation sites is 1. The predicted octanol–water partition coefficient (Wildman–Crippen LogP) is 2.87. The van der Waals surface area contributed by atoms with E-state index in [1.54, 1.807) is 7.11 Å². The summed E-state index contributed by atoms with van der Waals surface area (Å²) in [5, 5.41) is 12.7. The van der Waals surface area contributed by atoms with E-state index in [2.05, 4.69) is 21.6 Å². The molecule has 2 heterocycles. The fourth-order valence-electron chi connectivity index (χ4n) is 3.41. The van der Waals surface area contributed by atoms with E-state index in [9.17, 15) is 5.11 Å². The Balaban J connectivity index is 1.77. The molecule has 0 unspecified atom stereocenters. The van der Waals surface area contributed by atoms with Crippen LogP contribution in [0.25, 0.3) is 0 Å². The van der Waals surface area contributed by atoms with Gasteiger partial charge in [-0.25, -0.2) is 9.48 Å². The fourth-order valence-corrected chi connectivity index (χ4v) is 4.59. The average Bonchev–Trinajstić information content (AvgIpc) is 2.97. The van der Waals surface area contributed by atoms with Crippen molar-refractivity contribution < 1.29 is 14.4 Å². The van der Waals surface area contributed by atoms with Gasteiger partial charge in [0.25, 0.3) is 5.72 Å². The minimum absolute atomic E-state index is 0.533. The molecule has 24 heavy (non-hydrogen) atoms. The maximum absolute atomic E-state index is 11.6. The first-order valence-electron chi connectivity index (χ1n) is 8.19. The molecule has 0 amide bonds. The van der Waals surface area contributed by atoms with E-state index < -0.39 is 5.72 Å². The second-order valence-electron chi connectivity index (χ2n) is 6.10. The second kappa shape index (κ2) is 6.15. The Morgan fingerprint density at radius 1 is 1.12 bits per heavy atom. The molecule has 2 aliphatic heterocycles. The van der Waals surface area contributed by atoms with Crippen LogP contribution in [0.2, 0.25) is 0 Å². The monoisotopic (exact) mass is 341 g/mol. The number of benzene rings is 2. The SMILES string of the molecule is COc1ccc([C@]2(O)CN(c3ccccc3)C3=[N+]2CCCS3)cc1. The van der Waals surface area contributed by atoms with Gasteiger partial charge >= 0.3 is 5.17 Å². The molecule has 5 heteroatoms. The maximum Gasteiger partial charge on any atom is 0.316 e. The van der Waals surface area contributed by atoms with Gasteiger partial charge in [0.05, 0.1) is 13.7 Å². The van der Waals surface area contributed by atoms with Gasteiger partial charge in [-0.1, -0.05) is 18.2 Å². The number of amidine groups is 1. The highest BCUT2D eigenvalue weighted by molar-refractivity contribution is 8.13. The standard InChI is InChI=1S/C19H21N2O2S/c1-23-17-10-8-15(9-11-17)19(22)14-20(16-6-3-2-4-7-16)18-21(19)12-5-13-24-18/h2-4,6-11,22H,5,12-14H2,1H3/q+1/t19-/m1/s1. The van der Waals surface area contributed by atoms with Crippen LogP contribution in [0.4, 0.5) is 5.69 Å². The molecule has 0 aliphatic carbocycles. The highest BCUT2D eigenvalue weighted by Crippen LogP contribution is 2.37. The van der Waals surface area contributed by atoms with Gasteiger partial charge in [-0.05, 0) is 54.6 Å². The van der Waals surface area contributed by atoms with E-state index in [0.29, 0.717) is 6.54 Å². The minimum atomic E-state index is -1.01. The Morgan fingerprint density at radius 3 is 2.58 bits per heavy atom. The summed E-state index contributed by atoms with van der Waals surface area (Å²) in [5.74, 6) is 1.89. The number of anilines is 1. The number of hydrogen-bond donors (Lipinski definition) is 1. The van der Waals surface area contributed by atoms with E-state index in [0.717, 1.165) is 40.9 Å².